The summed E-state index contributed by atoms with van der Waals surface area (Å²) in [6.45, 7) is -0.239. The van der Waals surface area contributed by atoms with Gasteiger partial charge in [0.15, 0.2) is 0 Å². The van der Waals surface area contributed by atoms with E-state index in [2.05, 4.69) is 21.2 Å². The number of nitrogens with one attached hydrogen (secondary N) is 1. The number of carbonyl (C=O) groups is 1. The molecule has 0 saturated carbocycles. The first-order valence-electron chi connectivity index (χ1n) is 7.52. The molecule has 0 aliphatic rings. The molecule has 2 rings (SSSR count). The smallest absolute Gasteiger partial charge is 0.239 e. The Bertz CT molecular complexity index is 888. The lowest BCUT2D eigenvalue weighted by Gasteiger charge is -2.20. The van der Waals surface area contributed by atoms with Crippen molar-refractivity contribution in [2.24, 2.45) is 0 Å². The van der Waals surface area contributed by atoms with Gasteiger partial charge in [0.05, 0.1) is 25.6 Å². The molecule has 0 heterocycles. The zero-order valence-electron chi connectivity index (χ0n) is 14.2. The SMILES string of the molecule is COc1ccc(Cl)cc1NC(=O)CN(Cc1ccc(Br)cc1)S(C)(=O)=O. The van der Waals surface area contributed by atoms with E-state index in [9.17, 15) is 13.2 Å². The van der Waals surface area contributed by atoms with Crippen molar-refractivity contribution in [3.8, 4) is 5.75 Å². The van der Waals surface area contributed by atoms with Crippen LogP contribution in [0.5, 0.6) is 5.75 Å². The van der Waals surface area contributed by atoms with Gasteiger partial charge < -0.3 is 10.1 Å². The predicted molar refractivity (Wildman–Crippen MR) is 106 cm³/mol. The van der Waals surface area contributed by atoms with Gasteiger partial charge in [-0.25, -0.2) is 8.42 Å². The lowest BCUT2D eigenvalue weighted by atomic mass is 10.2. The molecule has 6 nitrogen and oxygen atoms in total. The first-order chi connectivity index (χ1) is 12.2. The van der Waals surface area contributed by atoms with Crippen LogP contribution in [0.4, 0.5) is 5.69 Å². The molecular weight excluding hydrogens is 444 g/mol. The largest absolute Gasteiger partial charge is 0.495 e. The fraction of sp³-hybridized carbons (Fsp3) is 0.235. The van der Waals surface area contributed by atoms with Crippen molar-refractivity contribution in [2.75, 3.05) is 25.2 Å². The average Bonchev–Trinajstić information content (AvgIpc) is 2.55. The lowest BCUT2D eigenvalue weighted by Crippen LogP contribution is -2.36. The van der Waals surface area contributed by atoms with E-state index in [4.69, 9.17) is 16.3 Å². The minimum Gasteiger partial charge on any atom is -0.495 e. The van der Waals surface area contributed by atoms with Crippen LogP contribution in [-0.4, -0.2) is 38.5 Å². The van der Waals surface area contributed by atoms with Gasteiger partial charge >= 0.3 is 0 Å². The lowest BCUT2D eigenvalue weighted by molar-refractivity contribution is -0.116. The quantitative estimate of drug-likeness (QED) is 0.684. The second-order valence-electron chi connectivity index (χ2n) is 5.55. The summed E-state index contributed by atoms with van der Waals surface area (Å²) in [5.41, 5.74) is 1.15. The maximum Gasteiger partial charge on any atom is 0.239 e. The Hall–Kier alpha value is -1.61. The first-order valence-corrected chi connectivity index (χ1v) is 10.5. The molecule has 1 amide bonds. The summed E-state index contributed by atoms with van der Waals surface area (Å²) < 4.78 is 31.3. The number of benzene rings is 2. The molecule has 0 bridgehead atoms. The highest BCUT2D eigenvalue weighted by atomic mass is 79.9. The third-order valence-corrected chi connectivity index (χ3v) is 5.46. The Balaban J connectivity index is 2.14. The number of hydrogen-bond donors (Lipinski definition) is 1. The molecule has 0 aliphatic heterocycles. The molecule has 0 atom stereocenters. The van der Waals surface area contributed by atoms with Crippen LogP contribution in [0, 0.1) is 0 Å². The highest BCUT2D eigenvalue weighted by molar-refractivity contribution is 9.10. The Morgan fingerprint density at radius 2 is 1.88 bits per heavy atom. The normalized spacial score (nSPS) is 11.4. The zero-order chi connectivity index (χ0) is 19.3. The van der Waals surface area contributed by atoms with Crippen molar-refractivity contribution in [1.82, 2.24) is 4.31 Å². The highest BCUT2D eigenvalue weighted by Gasteiger charge is 2.21. The summed E-state index contributed by atoms with van der Waals surface area (Å²) in [4.78, 5) is 12.4. The Morgan fingerprint density at radius 1 is 1.23 bits per heavy atom. The van der Waals surface area contributed by atoms with Crippen LogP contribution in [0.3, 0.4) is 0 Å². The van der Waals surface area contributed by atoms with Gasteiger partial charge in [0.2, 0.25) is 15.9 Å². The van der Waals surface area contributed by atoms with E-state index in [1.165, 1.54) is 13.2 Å². The van der Waals surface area contributed by atoms with E-state index in [0.717, 1.165) is 20.6 Å². The third kappa shape index (κ3) is 5.98. The van der Waals surface area contributed by atoms with E-state index in [1.807, 2.05) is 12.1 Å². The van der Waals surface area contributed by atoms with E-state index in [0.29, 0.717) is 16.5 Å². The van der Waals surface area contributed by atoms with Crippen molar-refractivity contribution in [3.63, 3.8) is 0 Å². The molecule has 9 heteroatoms. The molecule has 26 heavy (non-hydrogen) atoms. The van der Waals surface area contributed by atoms with E-state index >= 15 is 0 Å². The van der Waals surface area contributed by atoms with Crippen molar-refractivity contribution in [1.29, 1.82) is 0 Å². The second kappa shape index (κ2) is 8.85. The fourth-order valence-electron chi connectivity index (χ4n) is 2.21. The topological polar surface area (TPSA) is 75.7 Å². The van der Waals surface area contributed by atoms with Gasteiger partial charge in [-0.3, -0.25) is 4.79 Å². The van der Waals surface area contributed by atoms with E-state index in [1.54, 1.807) is 24.3 Å². The van der Waals surface area contributed by atoms with Gasteiger partial charge in [0.25, 0.3) is 0 Å². The maximum absolute atomic E-state index is 12.4. The number of rotatable bonds is 7. The van der Waals surface area contributed by atoms with Crippen molar-refractivity contribution >= 4 is 49.1 Å². The molecule has 0 aliphatic carbocycles. The molecule has 2 aromatic rings. The minimum atomic E-state index is -3.58. The summed E-state index contributed by atoms with van der Waals surface area (Å²) in [6.07, 6.45) is 1.07. The second-order valence-corrected chi connectivity index (χ2v) is 8.88. The number of sulfonamides is 1. The predicted octanol–water partition coefficient (Wildman–Crippen LogP) is 3.51. The number of anilines is 1. The molecule has 140 valence electrons. The summed E-state index contributed by atoms with van der Waals surface area (Å²) in [5.74, 6) is -0.0605. The molecule has 0 radical (unpaired) electrons. The molecule has 0 unspecified atom stereocenters. The summed E-state index contributed by atoms with van der Waals surface area (Å²) in [5, 5.41) is 3.06. The standard InChI is InChI=1S/C17H18BrClN2O4S/c1-25-16-8-7-14(19)9-15(16)20-17(22)11-21(26(2,23)24)10-12-3-5-13(18)6-4-12/h3-9H,10-11H2,1-2H3,(H,20,22). The van der Waals surface area contributed by atoms with Gasteiger partial charge in [-0.1, -0.05) is 39.7 Å². The molecular formula is C17H18BrClN2O4S. The van der Waals surface area contributed by atoms with Gasteiger partial charge in [0, 0.05) is 16.0 Å². The number of nitrogens with zero attached hydrogens (tertiary/aromatic N) is 1. The monoisotopic (exact) mass is 460 g/mol. The average molecular weight is 462 g/mol. The molecule has 0 aromatic heterocycles. The molecule has 0 spiro atoms. The van der Waals surface area contributed by atoms with Crippen molar-refractivity contribution in [2.45, 2.75) is 6.54 Å². The molecule has 0 fully saturated rings. The third-order valence-electron chi connectivity index (χ3n) is 3.50. The maximum atomic E-state index is 12.4. The van der Waals surface area contributed by atoms with Crippen LogP contribution >= 0.6 is 27.5 Å². The molecule has 2 aromatic carbocycles. The van der Waals surface area contributed by atoms with E-state index < -0.39 is 15.9 Å². The Labute approximate surface area is 166 Å². The van der Waals surface area contributed by atoms with Crippen LogP contribution in [-0.2, 0) is 21.4 Å². The van der Waals surface area contributed by atoms with Crippen LogP contribution in [0.2, 0.25) is 5.02 Å². The van der Waals surface area contributed by atoms with Crippen LogP contribution < -0.4 is 10.1 Å². The number of carbonyl (C=O) groups excluding carboxylic acids is 1. The van der Waals surface area contributed by atoms with Gasteiger partial charge in [0.1, 0.15) is 5.75 Å². The minimum absolute atomic E-state index is 0.0895. The van der Waals surface area contributed by atoms with Crippen LogP contribution in [0.1, 0.15) is 5.56 Å². The number of ether oxygens (including phenoxy) is 1. The zero-order valence-corrected chi connectivity index (χ0v) is 17.4. The number of halogens is 2. The van der Waals surface area contributed by atoms with Gasteiger partial charge in [-0.05, 0) is 35.9 Å². The Kier molecular flexibility index (Phi) is 7.05. The molecule has 1 N–H and O–H groups in total. The van der Waals surface area contributed by atoms with Crippen LogP contribution in [0.25, 0.3) is 0 Å². The van der Waals surface area contributed by atoms with Crippen molar-refractivity contribution in [3.05, 3.63) is 57.5 Å². The van der Waals surface area contributed by atoms with E-state index in [-0.39, 0.29) is 13.1 Å². The van der Waals surface area contributed by atoms with Gasteiger partial charge in [-0.2, -0.15) is 4.31 Å². The summed E-state index contributed by atoms with van der Waals surface area (Å²) >= 11 is 9.27. The Morgan fingerprint density at radius 3 is 2.46 bits per heavy atom. The number of amides is 1. The summed E-state index contributed by atoms with van der Waals surface area (Å²) in [7, 11) is -2.11. The van der Waals surface area contributed by atoms with Crippen molar-refractivity contribution < 1.29 is 17.9 Å². The highest BCUT2D eigenvalue weighted by Crippen LogP contribution is 2.27. The number of hydrogen-bond acceptors (Lipinski definition) is 4. The molecule has 0 saturated heterocycles. The fourth-order valence-corrected chi connectivity index (χ4v) is 3.38. The van der Waals surface area contributed by atoms with Gasteiger partial charge in [-0.15, -0.1) is 0 Å². The first kappa shape index (κ1) is 20.7. The summed E-state index contributed by atoms with van der Waals surface area (Å²) in [6, 6.07) is 12.0. The number of methoxy groups -OCH3 is 1. The van der Waals surface area contributed by atoms with Crippen LogP contribution in [0.15, 0.2) is 46.9 Å².